The minimum atomic E-state index is -0.503. The van der Waals surface area contributed by atoms with E-state index < -0.39 is 5.82 Å². The van der Waals surface area contributed by atoms with E-state index in [9.17, 15) is 4.39 Å². The molecular formula is C13H6Br2FNO. The normalized spacial score (nSPS) is 9.89. The van der Waals surface area contributed by atoms with Gasteiger partial charge in [-0.1, -0.05) is 15.9 Å². The highest BCUT2D eigenvalue weighted by molar-refractivity contribution is 9.11. The van der Waals surface area contributed by atoms with Crippen molar-refractivity contribution in [1.29, 1.82) is 5.26 Å². The maximum atomic E-state index is 13.2. The minimum Gasteiger partial charge on any atom is -0.456 e. The molecule has 0 heterocycles. The van der Waals surface area contributed by atoms with E-state index in [2.05, 4.69) is 31.9 Å². The molecule has 2 aromatic carbocycles. The molecule has 2 aromatic rings. The van der Waals surface area contributed by atoms with E-state index in [0.717, 1.165) is 15.0 Å². The van der Waals surface area contributed by atoms with Crippen molar-refractivity contribution < 1.29 is 9.13 Å². The first-order valence-electron chi connectivity index (χ1n) is 4.92. The maximum Gasteiger partial charge on any atom is 0.141 e. The summed E-state index contributed by atoms with van der Waals surface area (Å²) in [5, 5.41) is 8.76. The average Bonchev–Trinajstić information content (AvgIpc) is 2.32. The van der Waals surface area contributed by atoms with Crippen molar-refractivity contribution in [3.05, 3.63) is 56.7 Å². The molecule has 0 N–H and O–H groups in total. The summed E-state index contributed by atoms with van der Waals surface area (Å²) in [6.45, 7) is 0. The largest absolute Gasteiger partial charge is 0.456 e. The first-order valence-corrected chi connectivity index (χ1v) is 6.50. The summed E-state index contributed by atoms with van der Waals surface area (Å²) in [6, 6.07) is 11.1. The van der Waals surface area contributed by atoms with Crippen LogP contribution in [0.25, 0.3) is 0 Å². The van der Waals surface area contributed by atoms with E-state index >= 15 is 0 Å². The molecule has 0 aromatic heterocycles. The van der Waals surface area contributed by atoms with Crippen LogP contribution in [0.5, 0.6) is 11.5 Å². The Hall–Kier alpha value is -1.38. The van der Waals surface area contributed by atoms with E-state index in [1.165, 1.54) is 12.1 Å². The third-order valence-corrected chi connectivity index (χ3v) is 3.24. The number of nitriles is 1. The van der Waals surface area contributed by atoms with Gasteiger partial charge in [-0.15, -0.1) is 0 Å². The summed E-state index contributed by atoms with van der Waals surface area (Å²) in [7, 11) is 0. The van der Waals surface area contributed by atoms with Crippen LogP contribution in [0, 0.1) is 17.1 Å². The second-order valence-corrected chi connectivity index (χ2v) is 5.23. The highest BCUT2D eigenvalue weighted by atomic mass is 79.9. The van der Waals surface area contributed by atoms with Crippen molar-refractivity contribution in [3.8, 4) is 17.6 Å². The highest BCUT2D eigenvalue weighted by Gasteiger charge is 2.06. The highest BCUT2D eigenvalue weighted by Crippen LogP contribution is 2.32. The summed E-state index contributed by atoms with van der Waals surface area (Å²) in [5.74, 6) is 0.333. The standard InChI is InChI=1S/C13H6Br2FNO/c14-9-1-2-13(12(15)5-9)18-11-4-8(7-17)3-10(16)6-11/h1-6H. The fourth-order valence-electron chi connectivity index (χ4n) is 1.37. The van der Waals surface area contributed by atoms with Gasteiger partial charge in [0.15, 0.2) is 0 Å². The molecular weight excluding hydrogens is 365 g/mol. The smallest absolute Gasteiger partial charge is 0.141 e. The third-order valence-electron chi connectivity index (χ3n) is 2.12. The lowest BCUT2D eigenvalue weighted by molar-refractivity contribution is 0.473. The van der Waals surface area contributed by atoms with Crippen LogP contribution in [0.15, 0.2) is 45.3 Å². The molecule has 0 aliphatic heterocycles. The van der Waals surface area contributed by atoms with Crippen LogP contribution >= 0.6 is 31.9 Å². The van der Waals surface area contributed by atoms with Crippen molar-refractivity contribution in [2.45, 2.75) is 0 Å². The molecule has 5 heteroatoms. The van der Waals surface area contributed by atoms with Crippen LogP contribution < -0.4 is 4.74 Å². The van der Waals surface area contributed by atoms with Crippen molar-refractivity contribution >= 4 is 31.9 Å². The summed E-state index contributed by atoms with van der Waals surface area (Å²) in [6.07, 6.45) is 0. The van der Waals surface area contributed by atoms with Gasteiger partial charge in [0.1, 0.15) is 17.3 Å². The molecule has 0 bridgehead atoms. The first-order chi connectivity index (χ1) is 8.58. The van der Waals surface area contributed by atoms with Crippen LogP contribution in [0.4, 0.5) is 4.39 Å². The van der Waals surface area contributed by atoms with Crippen molar-refractivity contribution in [3.63, 3.8) is 0 Å². The van der Waals surface area contributed by atoms with Gasteiger partial charge in [-0.2, -0.15) is 5.26 Å². The van der Waals surface area contributed by atoms with E-state index in [4.69, 9.17) is 10.00 Å². The van der Waals surface area contributed by atoms with Crippen molar-refractivity contribution in [2.24, 2.45) is 0 Å². The zero-order chi connectivity index (χ0) is 13.1. The molecule has 0 radical (unpaired) electrons. The maximum absolute atomic E-state index is 13.2. The van der Waals surface area contributed by atoms with Gasteiger partial charge in [0, 0.05) is 10.5 Å². The molecule has 2 rings (SSSR count). The number of rotatable bonds is 2. The monoisotopic (exact) mass is 369 g/mol. The Morgan fingerprint density at radius 1 is 1.11 bits per heavy atom. The number of hydrogen-bond donors (Lipinski definition) is 0. The molecule has 0 aliphatic carbocycles. The number of nitrogens with zero attached hydrogens (tertiary/aromatic N) is 1. The van der Waals surface area contributed by atoms with Gasteiger partial charge in [0.05, 0.1) is 16.1 Å². The summed E-state index contributed by atoms with van der Waals surface area (Å²) < 4.78 is 20.4. The second-order valence-electron chi connectivity index (χ2n) is 3.46. The average molecular weight is 371 g/mol. The van der Waals surface area contributed by atoms with Gasteiger partial charge in [-0.3, -0.25) is 0 Å². The van der Waals surface area contributed by atoms with Gasteiger partial charge >= 0.3 is 0 Å². The van der Waals surface area contributed by atoms with Gasteiger partial charge in [0.25, 0.3) is 0 Å². The number of ether oxygens (including phenoxy) is 1. The van der Waals surface area contributed by atoms with Crippen LogP contribution in [0.3, 0.4) is 0 Å². The molecule has 18 heavy (non-hydrogen) atoms. The summed E-state index contributed by atoms with van der Waals surface area (Å²) >= 11 is 6.67. The van der Waals surface area contributed by atoms with E-state index in [0.29, 0.717) is 5.75 Å². The summed E-state index contributed by atoms with van der Waals surface area (Å²) in [4.78, 5) is 0. The second kappa shape index (κ2) is 5.51. The topological polar surface area (TPSA) is 33.0 Å². The zero-order valence-electron chi connectivity index (χ0n) is 8.95. The quantitative estimate of drug-likeness (QED) is 0.743. The predicted molar refractivity (Wildman–Crippen MR) is 73.0 cm³/mol. The number of hydrogen-bond acceptors (Lipinski definition) is 2. The van der Waals surface area contributed by atoms with E-state index in [1.54, 1.807) is 6.07 Å². The minimum absolute atomic E-state index is 0.221. The van der Waals surface area contributed by atoms with Crippen LogP contribution in [-0.4, -0.2) is 0 Å². The number of benzene rings is 2. The van der Waals surface area contributed by atoms with E-state index in [-0.39, 0.29) is 11.3 Å². The van der Waals surface area contributed by atoms with Crippen LogP contribution in [0.1, 0.15) is 5.56 Å². The Kier molecular flexibility index (Phi) is 4.00. The Bertz CT molecular complexity index is 637. The van der Waals surface area contributed by atoms with Gasteiger partial charge < -0.3 is 4.74 Å². The lowest BCUT2D eigenvalue weighted by Crippen LogP contribution is -1.88. The molecule has 0 saturated carbocycles. The molecule has 90 valence electrons. The Morgan fingerprint density at radius 3 is 2.56 bits per heavy atom. The van der Waals surface area contributed by atoms with Gasteiger partial charge in [0.2, 0.25) is 0 Å². The third kappa shape index (κ3) is 3.09. The van der Waals surface area contributed by atoms with E-state index in [1.807, 2.05) is 18.2 Å². The molecule has 0 amide bonds. The molecule has 0 saturated heterocycles. The molecule has 0 spiro atoms. The van der Waals surface area contributed by atoms with Crippen LogP contribution in [0.2, 0.25) is 0 Å². The predicted octanol–water partition coefficient (Wildman–Crippen LogP) is 5.01. The zero-order valence-corrected chi connectivity index (χ0v) is 12.1. The Labute approximate surface area is 120 Å². The van der Waals surface area contributed by atoms with Crippen molar-refractivity contribution in [1.82, 2.24) is 0 Å². The van der Waals surface area contributed by atoms with Crippen LogP contribution in [-0.2, 0) is 0 Å². The number of halogens is 3. The molecule has 0 atom stereocenters. The van der Waals surface area contributed by atoms with Crippen molar-refractivity contribution in [2.75, 3.05) is 0 Å². The molecule has 2 nitrogen and oxygen atoms in total. The molecule has 0 aliphatic rings. The van der Waals surface area contributed by atoms with Gasteiger partial charge in [-0.25, -0.2) is 4.39 Å². The Balaban J connectivity index is 2.34. The summed E-state index contributed by atoms with van der Waals surface area (Å²) in [5.41, 5.74) is 0.221. The SMILES string of the molecule is N#Cc1cc(F)cc(Oc2ccc(Br)cc2Br)c1. The van der Waals surface area contributed by atoms with Gasteiger partial charge in [-0.05, 0) is 46.3 Å². The lowest BCUT2D eigenvalue weighted by Gasteiger charge is -2.08. The molecule has 0 fully saturated rings. The molecule has 0 unspecified atom stereocenters. The fourth-order valence-corrected chi connectivity index (χ4v) is 2.50. The fraction of sp³-hybridized carbons (Fsp3) is 0. The first kappa shape index (κ1) is 13.1. The Morgan fingerprint density at radius 2 is 1.89 bits per heavy atom. The lowest BCUT2D eigenvalue weighted by atomic mass is 10.2.